The Morgan fingerprint density at radius 3 is 2.35 bits per heavy atom. The van der Waals surface area contributed by atoms with Gasteiger partial charge in [0.1, 0.15) is 5.60 Å². The predicted molar refractivity (Wildman–Crippen MR) is 133 cm³/mol. The molecule has 1 unspecified atom stereocenters. The number of rotatable bonds is 2. The maximum absolute atomic E-state index is 13.3. The first-order chi connectivity index (χ1) is 16.2. The summed E-state index contributed by atoms with van der Waals surface area (Å²) in [6, 6.07) is 18.6. The van der Waals surface area contributed by atoms with Crippen LogP contribution in [0.25, 0.3) is 5.70 Å². The highest BCUT2D eigenvalue weighted by Crippen LogP contribution is 2.56. The predicted octanol–water partition coefficient (Wildman–Crippen LogP) is 5.92. The van der Waals surface area contributed by atoms with Crippen LogP contribution >= 0.6 is 0 Å². The molecule has 2 atom stereocenters. The van der Waals surface area contributed by atoms with E-state index in [-0.39, 0.29) is 29.4 Å². The number of likely N-dealkylation sites (tertiary alicyclic amines) is 2. The standard InChI is InChI=1S/C29H34N2O3/c1-20(21-10-6-5-7-11-21)31-25(32)18-22-19-29(24-13-9-8-12-23(24)26(22)31)14-16-30(17-15-29)27(33)34-28(2,3)4/h5-13,22,26H,1,14-19H2,2-4H3/t22-,26?/m0/s1. The molecule has 5 nitrogen and oxygen atoms in total. The van der Waals surface area contributed by atoms with Gasteiger partial charge in [-0.15, -0.1) is 0 Å². The molecule has 178 valence electrons. The molecule has 2 saturated heterocycles. The summed E-state index contributed by atoms with van der Waals surface area (Å²) in [5.41, 5.74) is 3.84. The summed E-state index contributed by atoms with van der Waals surface area (Å²) in [6.45, 7) is 11.4. The molecule has 2 aromatic carbocycles. The molecule has 0 saturated carbocycles. The first kappa shape index (κ1) is 22.7. The van der Waals surface area contributed by atoms with Crippen LogP contribution in [0, 0.1) is 5.92 Å². The van der Waals surface area contributed by atoms with Crippen LogP contribution in [-0.2, 0) is 14.9 Å². The lowest BCUT2D eigenvalue weighted by Crippen LogP contribution is -2.49. The molecule has 5 rings (SSSR count). The monoisotopic (exact) mass is 458 g/mol. The Morgan fingerprint density at radius 2 is 1.68 bits per heavy atom. The van der Waals surface area contributed by atoms with Crippen molar-refractivity contribution < 1.29 is 14.3 Å². The molecular formula is C29H34N2O3. The zero-order valence-electron chi connectivity index (χ0n) is 20.4. The fourth-order valence-corrected chi connectivity index (χ4v) is 6.23. The number of amides is 2. The van der Waals surface area contributed by atoms with Crippen LogP contribution in [0.3, 0.4) is 0 Å². The molecule has 5 heteroatoms. The number of nitrogens with zero attached hydrogens (tertiary/aromatic N) is 2. The van der Waals surface area contributed by atoms with Crippen molar-refractivity contribution in [2.45, 2.75) is 63.5 Å². The Bertz CT molecular complexity index is 1110. The van der Waals surface area contributed by atoms with Gasteiger partial charge in [0.2, 0.25) is 5.91 Å². The molecule has 2 aliphatic heterocycles. The second-order valence-electron chi connectivity index (χ2n) is 11.0. The fourth-order valence-electron chi connectivity index (χ4n) is 6.23. The van der Waals surface area contributed by atoms with Crippen LogP contribution in [-0.4, -0.2) is 40.5 Å². The maximum Gasteiger partial charge on any atom is 0.410 e. The number of hydrogen-bond acceptors (Lipinski definition) is 3. The van der Waals surface area contributed by atoms with E-state index in [0.29, 0.717) is 19.5 Å². The number of carbonyl (C=O) groups excluding carboxylic acids is 2. The summed E-state index contributed by atoms with van der Waals surface area (Å²) in [7, 11) is 0. The lowest BCUT2D eigenvalue weighted by molar-refractivity contribution is -0.125. The number of fused-ring (bicyclic) bond motifs is 4. The third kappa shape index (κ3) is 3.91. The molecule has 2 amide bonds. The average molecular weight is 459 g/mol. The summed E-state index contributed by atoms with van der Waals surface area (Å²) in [6.07, 6.45) is 3.05. The number of carbonyl (C=O) groups is 2. The first-order valence-electron chi connectivity index (χ1n) is 12.3. The second kappa shape index (κ2) is 8.30. The van der Waals surface area contributed by atoms with Crippen molar-refractivity contribution in [1.29, 1.82) is 0 Å². The maximum atomic E-state index is 13.3. The van der Waals surface area contributed by atoms with Crippen LogP contribution in [0.4, 0.5) is 4.79 Å². The van der Waals surface area contributed by atoms with Gasteiger partial charge < -0.3 is 14.5 Å². The van der Waals surface area contributed by atoms with Crippen LogP contribution in [0.15, 0.2) is 61.2 Å². The Morgan fingerprint density at radius 1 is 1.03 bits per heavy atom. The average Bonchev–Trinajstić information content (AvgIpc) is 3.14. The zero-order chi connectivity index (χ0) is 24.1. The molecule has 34 heavy (non-hydrogen) atoms. The minimum absolute atomic E-state index is 0.0133. The van der Waals surface area contributed by atoms with Crippen molar-refractivity contribution in [3.8, 4) is 0 Å². The molecule has 0 bridgehead atoms. The second-order valence-corrected chi connectivity index (χ2v) is 11.0. The minimum Gasteiger partial charge on any atom is -0.444 e. The van der Waals surface area contributed by atoms with E-state index in [9.17, 15) is 9.59 Å². The van der Waals surface area contributed by atoms with E-state index in [2.05, 4.69) is 30.8 Å². The van der Waals surface area contributed by atoms with Gasteiger partial charge in [0.25, 0.3) is 0 Å². The van der Waals surface area contributed by atoms with E-state index in [1.165, 1.54) is 11.1 Å². The molecule has 2 heterocycles. The highest BCUT2D eigenvalue weighted by molar-refractivity contribution is 5.89. The summed E-state index contributed by atoms with van der Waals surface area (Å²) < 4.78 is 5.61. The van der Waals surface area contributed by atoms with Crippen molar-refractivity contribution in [1.82, 2.24) is 9.80 Å². The van der Waals surface area contributed by atoms with Gasteiger partial charge in [-0.3, -0.25) is 4.79 Å². The molecule has 2 aromatic rings. The van der Waals surface area contributed by atoms with E-state index in [1.54, 1.807) is 0 Å². The third-order valence-electron chi connectivity index (χ3n) is 7.70. The van der Waals surface area contributed by atoms with Crippen molar-refractivity contribution >= 4 is 17.7 Å². The highest BCUT2D eigenvalue weighted by Gasteiger charge is 2.53. The Balaban J connectivity index is 1.43. The van der Waals surface area contributed by atoms with Gasteiger partial charge >= 0.3 is 6.09 Å². The Hall–Kier alpha value is -3.08. The fraction of sp³-hybridized carbons (Fsp3) is 0.448. The van der Waals surface area contributed by atoms with E-state index >= 15 is 0 Å². The van der Waals surface area contributed by atoms with Gasteiger partial charge in [0.05, 0.1) is 6.04 Å². The SMILES string of the molecule is C=C(c1ccccc1)N1C(=O)C[C@H]2CC3(CCN(C(=O)OC(C)(C)C)CC3)c3ccccc3C21. The number of benzene rings is 2. The molecule has 0 aromatic heterocycles. The summed E-state index contributed by atoms with van der Waals surface area (Å²) in [4.78, 5) is 29.7. The largest absolute Gasteiger partial charge is 0.444 e. The van der Waals surface area contributed by atoms with Crippen LogP contribution in [0.5, 0.6) is 0 Å². The molecular weight excluding hydrogens is 424 g/mol. The van der Waals surface area contributed by atoms with Gasteiger partial charge in [0.15, 0.2) is 0 Å². The Kier molecular flexibility index (Phi) is 5.54. The van der Waals surface area contributed by atoms with Gasteiger partial charge in [-0.1, -0.05) is 61.2 Å². The van der Waals surface area contributed by atoms with E-state index in [1.807, 2.05) is 60.9 Å². The minimum atomic E-state index is -0.494. The smallest absolute Gasteiger partial charge is 0.410 e. The van der Waals surface area contributed by atoms with E-state index < -0.39 is 5.60 Å². The first-order valence-corrected chi connectivity index (χ1v) is 12.3. The van der Waals surface area contributed by atoms with Gasteiger partial charge in [0, 0.05) is 25.2 Å². The number of hydrogen-bond donors (Lipinski definition) is 0. The van der Waals surface area contributed by atoms with Crippen molar-refractivity contribution in [3.63, 3.8) is 0 Å². The highest BCUT2D eigenvalue weighted by atomic mass is 16.6. The van der Waals surface area contributed by atoms with Crippen molar-refractivity contribution in [2.24, 2.45) is 5.92 Å². The van der Waals surface area contributed by atoms with Crippen molar-refractivity contribution in [2.75, 3.05) is 13.1 Å². The zero-order valence-corrected chi connectivity index (χ0v) is 20.4. The summed E-state index contributed by atoms with van der Waals surface area (Å²) in [5.74, 6) is 0.401. The molecule has 3 aliphatic rings. The van der Waals surface area contributed by atoms with Crippen LogP contribution in [0.2, 0.25) is 0 Å². The molecule has 1 spiro atoms. The van der Waals surface area contributed by atoms with Crippen LogP contribution < -0.4 is 0 Å². The quantitative estimate of drug-likeness (QED) is 0.561. The van der Waals surface area contributed by atoms with Crippen molar-refractivity contribution in [3.05, 3.63) is 77.9 Å². The third-order valence-corrected chi connectivity index (χ3v) is 7.70. The van der Waals surface area contributed by atoms with Gasteiger partial charge in [-0.05, 0) is 68.1 Å². The summed E-state index contributed by atoms with van der Waals surface area (Å²) in [5, 5.41) is 0. The van der Waals surface area contributed by atoms with E-state index in [0.717, 1.165) is 30.5 Å². The normalized spacial score (nSPS) is 23.4. The number of piperidine rings is 1. The van der Waals surface area contributed by atoms with Gasteiger partial charge in [-0.25, -0.2) is 4.79 Å². The van der Waals surface area contributed by atoms with Crippen LogP contribution in [0.1, 0.15) is 69.2 Å². The molecule has 2 fully saturated rings. The molecule has 0 radical (unpaired) electrons. The lowest BCUT2D eigenvalue weighted by atomic mass is 9.60. The van der Waals surface area contributed by atoms with E-state index in [4.69, 9.17) is 4.74 Å². The molecule has 0 N–H and O–H groups in total. The van der Waals surface area contributed by atoms with Gasteiger partial charge in [-0.2, -0.15) is 0 Å². The Labute approximate surface area is 202 Å². The lowest BCUT2D eigenvalue weighted by Gasteiger charge is -2.49. The number of ether oxygens (including phenoxy) is 1. The topological polar surface area (TPSA) is 49.9 Å². The molecule has 1 aliphatic carbocycles. The summed E-state index contributed by atoms with van der Waals surface area (Å²) >= 11 is 0.